The normalized spacial score (nSPS) is 19.9. The van der Waals surface area contributed by atoms with Crippen molar-refractivity contribution in [2.45, 2.75) is 45.1 Å². The molecule has 2 aliphatic rings. The van der Waals surface area contributed by atoms with Gasteiger partial charge < -0.3 is 10.2 Å². The molecule has 1 aliphatic heterocycles. The van der Waals surface area contributed by atoms with Crippen LogP contribution in [0.25, 0.3) is 0 Å². The van der Waals surface area contributed by atoms with Crippen molar-refractivity contribution in [3.05, 3.63) is 29.8 Å². The van der Waals surface area contributed by atoms with Crippen molar-refractivity contribution in [3.8, 4) is 0 Å². The first-order valence-electron chi connectivity index (χ1n) is 7.91. The Hall–Kier alpha value is -1.35. The van der Waals surface area contributed by atoms with Crippen LogP contribution >= 0.6 is 0 Å². The standard InChI is InChI=1S/C17H24N2O/c1-2-11-18-15(13-7-8-13)12-19-16-6-4-3-5-14(16)9-10-17(19)20/h3-6,13,15,18H,2,7-12H2,1H3. The van der Waals surface area contributed by atoms with Gasteiger partial charge in [-0.2, -0.15) is 0 Å². The summed E-state index contributed by atoms with van der Waals surface area (Å²) < 4.78 is 0. The third-order valence-corrected chi connectivity index (χ3v) is 4.42. The van der Waals surface area contributed by atoms with Gasteiger partial charge >= 0.3 is 0 Å². The molecular formula is C17H24N2O. The number of nitrogens with one attached hydrogen (secondary N) is 1. The van der Waals surface area contributed by atoms with Gasteiger partial charge in [-0.05, 0) is 49.8 Å². The Morgan fingerprint density at radius 1 is 1.30 bits per heavy atom. The number of hydrogen-bond donors (Lipinski definition) is 1. The molecule has 20 heavy (non-hydrogen) atoms. The highest BCUT2D eigenvalue weighted by Crippen LogP contribution is 2.35. The zero-order valence-corrected chi connectivity index (χ0v) is 12.3. The van der Waals surface area contributed by atoms with E-state index in [1.807, 2.05) is 11.0 Å². The lowest BCUT2D eigenvalue weighted by atomic mass is 10.00. The lowest BCUT2D eigenvalue weighted by Crippen LogP contribution is -2.47. The Morgan fingerprint density at radius 3 is 2.85 bits per heavy atom. The van der Waals surface area contributed by atoms with E-state index in [4.69, 9.17) is 0 Å². The molecule has 108 valence electrons. The summed E-state index contributed by atoms with van der Waals surface area (Å²) in [5.74, 6) is 1.05. The molecule has 1 N–H and O–H groups in total. The zero-order chi connectivity index (χ0) is 13.9. The summed E-state index contributed by atoms with van der Waals surface area (Å²) in [5, 5.41) is 3.64. The maximum atomic E-state index is 12.3. The van der Waals surface area contributed by atoms with Crippen molar-refractivity contribution in [2.24, 2.45) is 5.92 Å². The number of amides is 1. The number of nitrogens with zero attached hydrogens (tertiary/aromatic N) is 1. The molecule has 3 heteroatoms. The van der Waals surface area contributed by atoms with Gasteiger partial charge in [0.05, 0.1) is 0 Å². The largest absolute Gasteiger partial charge is 0.312 e. The van der Waals surface area contributed by atoms with Gasteiger partial charge in [0.2, 0.25) is 5.91 Å². The van der Waals surface area contributed by atoms with Crippen LogP contribution in [-0.2, 0) is 11.2 Å². The van der Waals surface area contributed by atoms with Crippen molar-refractivity contribution in [1.29, 1.82) is 0 Å². The van der Waals surface area contributed by atoms with E-state index in [1.54, 1.807) is 0 Å². The number of fused-ring (bicyclic) bond motifs is 1. The Kier molecular flexibility index (Phi) is 4.06. The number of anilines is 1. The van der Waals surface area contributed by atoms with E-state index >= 15 is 0 Å². The minimum atomic E-state index is 0.285. The molecule has 1 heterocycles. The average Bonchev–Trinajstić information content (AvgIpc) is 3.30. The van der Waals surface area contributed by atoms with Gasteiger partial charge in [-0.15, -0.1) is 0 Å². The van der Waals surface area contributed by atoms with E-state index in [-0.39, 0.29) is 5.91 Å². The predicted octanol–water partition coefficient (Wildman–Crippen LogP) is 2.74. The van der Waals surface area contributed by atoms with E-state index in [9.17, 15) is 4.79 Å². The first kappa shape index (κ1) is 13.6. The Bertz CT molecular complexity index is 482. The van der Waals surface area contributed by atoms with E-state index < -0.39 is 0 Å². The first-order chi connectivity index (χ1) is 9.79. The van der Waals surface area contributed by atoms with Gasteiger partial charge in [0.25, 0.3) is 0 Å². The molecule has 3 nitrogen and oxygen atoms in total. The van der Waals surface area contributed by atoms with Crippen molar-refractivity contribution >= 4 is 11.6 Å². The lowest BCUT2D eigenvalue weighted by molar-refractivity contribution is -0.119. The zero-order valence-electron chi connectivity index (χ0n) is 12.3. The summed E-state index contributed by atoms with van der Waals surface area (Å²) in [6.45, 7) is 4.07. The second kappa shape index (κ2) is 5.96. The number of carbonyl (C=O) groups excluding carboxylic acids is 1. The van der Waals surface area contributed by atoms with Gasteiger partial charge in [-0.3, -0.25) is 4.79 Å². The summed E-state index contributed by atoms with van der Waals surface area (Å²) in [6.07, 6.45) is 5.31. The van der Waals surface area contributed by atoms with Crippen molar-refractivity contribution < 1.29 is 4.79 Å². The SMILES string of the molecule is CCCNC(CN1C(=O)CCc2ccccc21)C1CC1. The van der Waals surface area contributed by atoms with Crippen LogP contribution in [0, 0.1) is 5.92 Å². The monoisotopic (exact) mass is 272 g/mol. The highest BCUT2D eigenvalue weighted by atomic mass is 16.2. The van der Waals surface area contributed by atoms with Crippen LogP contribution in [0.2, 0.25) is 0 Å². The second-order valence-corrected chi connectivity index (χ2v) is 6.03. The van der Waals surface area contributed by atoms with Gasteiger partial charge in [0.15, 0.2) is 0 Å². The fourth-order valence-electron chi connectivity index (χ4n) is 3.10. The first-order valence-corrected chi connectivity index (χ1v) is 7.91. The number of rotatable bonds is 6. The van der Waals surface area contributed by atoms with Crippen molar-refractivity contribution in [3.63, 3.8) is 0 Å². The number of aryl methyl sites for hydroxylation is 1. The molecular weight excluding hydrogens is 248 g/mol. The van der Waals surface area contributed by atoms with Crippen LogP contribution in [0.1, 0.15) is 38.2 Å². The number of benzene rings is 1. The number of hydrogen-bond acceptors (Lipinski definition) is 2. The molecule has 1 saturated carbocycles. The topological polar surface area (TPSA) is 32.3 Å². The Balaban J connectivity index is 1.76. The molecule has 1 unspecified atom stereocenters. The predicted molar refractivity (Wildman–Crippen MR) is 81.9 cm³/mol. The molecule has 1 aromatic rings. The molecule has 1 fully saturated rings. The molecule has 0 spiro atoms. The lowest BCUT2D eigenvalue weighted by Gasteiger charge is -2.33. The van der Waals surface area contributed by atoms with Crippen LogP contribution < -0.4 is 10.2 Å². The van der Waals surface area contributed by atoms with E-state index in [1.165, 1.54) is 18.4 Å². The van der Waals surface area contributed by atoms with Gasteiger partial charge in [0, 0.05) is 24.7 Å². The molecule has 1 amide bonds. The summed E-state index contributed by atoms with van der Waals surface area (Å²) in [6, 6.07) is 8.82. The molecule has 0 radical (unpaired) electrons. The summed E-state index contributed by atoms with van der Waals surface area (Å²) in [5.41, 5.74) is 2.45. The van der Waals surface area contributed by atoms with Crippen molar-refractivity contribution in [2.75, 3.05) is 18.0 Å². The molecule has 1 atom stereocenters. The quantitative estimate of drug-likeness (QED) is 0.863. The van der Waals surface area contributed by atoms with Crippen LogP contribution in [0.4, 0.5) is 5.69 Å². The molecule has 0 saturated heterocycles. The highest BCUT2D eigenvalue weighted by Gasteiger charge is 2.34. The third-order valence-electron chi connectivity index (χ3n) is 4.42. The molecule has 0 bridgehead atoms. The molecule has 3 rings (SSSR count). The fourth-order valence-corrected chi connectivity index (χ4v) is 3.10. The number of carbonyl (C=O) groups is 1. The summed E-state index contributed by atoms with van der Waals surface area (Å²) in [7, 11) is 0. The average molecular weight is 272 g/mol. The maximum Gasteiger partial charge on any atom is 0.227 e. The van der Waals surface area contributed by atoms with Gasteiger partial charge in [0.1, 0.15) is 0 Å². The smallest absolute Gasteiger partial charge is 0.227 e. The van der Waals surface area contributed by atoms with E-state index in [0.29, 0.717) is 12.5 Å². The summed E-state index contributed by atoms with van der Waals surface area (Å²) in [4.78, 5) is 14.3. The third kappa shape index (κ3) is 2.88. The Morgan fingerprint density at radius 2 is 2.10 bits per heavy atom. The maximum absolute atomic E-state index is 12.3. The molecule has 1 aliphatic carbocycles. The minimum absolute atomic E-state index is 0.285. The second-order valence-electron chi connectivity index (χ2n) is 6.03. The molecule has 1 aromatic carbocycles. The van der Waals surface area contributed by atoms with Crippen LogP contribution in [-0.4, -0.2) is 25.0 Å². The van der Waals surface area contributed by atoms with Gasteiger partial charge in [-0.25, -0.2) is 0 Å². The van der Waals surface area contributed by atoms with E-state index in [0.717, 1.165) is 37.5 Å². The van der Waals surface area contributed by atoms with Gasteiger partial charge in [-0.1, -0.05) is 25.1 Å². The highest BCUT2D eigenvalue weighted by molar-refractivity contribution is 5.96. The van der Waals surface area contributed by atoms with Crippen LogP contribution in [0.15, 0.2) is 24.3 Å². The van der Waals surface area contributed by atoms with E-state index in [2.05, 4.69) is 30.4 Å². The van der Waals surface area contributed by atoms with Crippen LogP contribution in [0.5, 0.6) is 0 Å². The minimum Gasteiger partial charge on any atom is -0.312 e. The van der Waals surface area contributed by atoms with Crippen molar-refractivity contribution in [1.82, 2.24) is 5.32 Å². The molecule has 0 aromatic heterocycles. The fraction of sp³-hybridized carbons (Fsp3) is 0.588. The van der Waals surface area contributed by atoms with Crippen LogP contribution in [0.3, 0.4) is 0 Å². The number of para-hydroxylation sites is 1. The summed E-state index contributed by atoms with van der Waals surface area (Å²) >= 11 is 0. The Labute approximate surface area is 121 Å².